The normalized spacial score (nSPS) is 19.7. The van der Waals surface area contributed by atoms with Crippen molar-refractivity contribution in [1.29, 1.82) is 0 Å². The van der Waals surface area contributed by atoms with Crippen LogP contribution >= 0.6 is 0 Å². The zero-order valence-electron chi connectivity index (χ0n) is 17.0. The van der Waals surface area contributed by atoms with Gasteiger partial charge in [0.1, 0.15) is 23.3 Å². The Kier molecular flexibility index (Phi) is 6.41. The number of carbonyl (C=O) groups is 1. The predicted octanol–water partition coefficient (Wildman–Crippen LogP) is 2.46. The lowest BCUT2D eigenvalue weighted by Crippen LogP contribution is -3.15. The number of nitrogens with one attached hydrogen (secondary N) is 2. The van der Waals surface area contributed by atoms with Crippen LogP contribution in [0.2, 0.25) is 0 Å². The van der Waals surface area contributed by atoms with E-state index in [1.807, 2.05) is 43.3 Å². The third-order valence-corrected chi connectivity index (χ3v) is 5.54. The van der Waals surface area contributed by atoms with Crippen LogP contribution in [0.3, 0.4) is 0 Å². The molecule has 2 N–H and O–H groups in total. The quantitative estimate of drug-likeness (QED) is 0.769. The van der Waals surface area contributed by atoms with Crippen molar-refractivity contribution < 1.29 is 23.9 Å². The Morgan fingerprint density at radius 1 is 1.07 bits per heavy atom. The van der Waals surface area contributed by atoms with Gasteiger partial charge in [0.05, 0.1) is 39.1 Å². The number of amides is 1. The van der Waals surface area contributed by atoms with Crippen LogP contribution in [0, 0.1) is 0 Å². The van der Waals surface area contributed by atoms with Crippen molar-refractivity contribution in [3.63, 3.8) is 0 Å². The number of likely N-dealkylation sites (tertiary alicyclic amines) is 1. The van der Waals surface area contributed by atoms with E-state index in [0.717, 1.165) is 36.4 Å². The summed E-state index contributed by atoms with van der Waals surface area (Å²) in [6, 6.07) is 13.4. The van der Waals surface area contributed by atoms with Gasteiger partial charge in [-0.05, 0) is 31.2 Å². The standard InChI is InChI=1S/C22H28N2O4/c1-15(22(25)23-18-8-5-6-10-20(18)27-3)24-13-7-9-19(24)17-12-11-16(26-2)14-21(17)28-4/h5-6,8,10-12,14-15,19H,7,9,13H2,1-4H3,(H,23,25)/p+1/t15-,19-/m1/s1. The number of quaternary nitrogens is 1. The van der Waals surface area contributed by atoms with Gasteiger partial charge in [-0.3, -0.25) is 4.79 Å². The molecule has 1 saturated heterocycles. The van der Waals surface area contributed by atoms with E-state index >= 15 is 0 Å². The Bertz CT molecular complexity index is 824. The van der Waals surface area contributed by atoms with Gasteiger partial charge in [-0.25, -0.2) is 0 Å². The number of rotatable bonds is 7. The number of hydrogen-bond donors (Lipinski definition) is 2. The first kappa shape index (κ1) is 20.0. The van der Waals surface area contributed by atoms with Crippen LogP contribution in [0.15, 0.2) is 42.5 Å². The second-order valence-corrected chi connectivity index (χ2v) is 7.04. The first-order valence-corrected chi connectivity index (χ1v) is 9.60. The minimum Gasteiger partial charge on any atom is -0.497 e. The van der Waals surface area contributed by atoms with Gasteiger partial charge in [0.2, 0.25) is 0 Å². The van der Waals surface area contributed by atoms with Gasteiger partial charge >= 0.3 is 0 Å². The van der Waals surface area contributed by atoms with Gasteiger partial charge < -0.3 is 24.4 Å². The summed E-state index contributed by atoms with van der Waals surface area (Å²) in [5.41, 5.74) is 1.81. The van der Waals surface area contributed by atoms with E-state index < -0.39 is 0 Å². The molecule has 3 atom stereocenters. The topological polar surface area (TPSA) is 61.2 Å². The van der Waals surface area contributed by atoms with E-state index in [1.54, 1.807) is 21.3 Å². The Labute approximate surface area is 166 Å². The molecule has 1 aliphatic heterocycles. The van der Waals surface area contributed by atoms with Crippen molar-refractivity contribution in [2.75, 3.05) is 33.2 Å². The summed E-state index contributed by atoms with van der Waals surface area (Å²) < 4.78 is 16.3. The zero-order valence-corrected chi connectivity index (χ0v) is 17.0. The van der Waals surface area contributed by atoms with Crippen molar-refractivity contribution in [2.45, 2.75) is 31.8 Å². The Morgan fingerprint density at radius 3 is 2.54 bits per heavy atom. The summed E-state index contributed by atoms with van der Waals surface area (Å²) in [6.07, 6.45) is 2.09. The second kappa shape index (κ2) is 8.97. The van der Waals surface area contributed by atoms with Crippen LogP contribution in [0.1, 0.15) is 31.4 Å². The lowest BCUT2D eigenvalue weighted by Gasteiger charge is -2.28. The smallest absolute Gasteiger partial charge is 0.282 e. The van der Waals surface area contributed by atoms with Crippen LogP contribution in [-0.4, -0.2) is 39.8 Å². The van der Waals surface area contributed by atoms with E-state index in [-0.39, 0.29) is 18.0 Å². The minimum atomic E-state index is -0.204. The molecule has 3 rings (SSSR count). The van der Waals surface area contributed by atoms with Crippen LogP contribution < -0.4 is 24.4 Å². The zero-order chi connectivity index (χ0) is 20.1. The molecule has 0 radical (unpaired) electrons. The van der Waals surface area contributed by atoms with E-state index in [2.05, 4.69) is 11.4 Å². The third-order valence-electron chi connectivity index (χ3n) is 5.54. The van der Waals surface area contributed by atoms with E-state index in [9.17, 15) is 4.79 Å². The molecule has 28 heavy (non-hydrogen) atoms. The number of carbonyl (C=O) groups excluding carboxylic acids is 1. The molecule has 0 spiro atoms. The van der Waals surface area contributed by atoms with Crippen LogP contribution in [0.25, 0.3) is 0 Å². The van der Waals surface area contributed by atoms with Gasteiger partial charge in [-0.2, -0.15) is 0 Å². The molecule has 6 heteroatoms. The second-order valence-electron chi connectivity index (χ2n) is 7.04. The Morgan fingerprint density at radius 2 is 1.82 bits per heavy atom. The maximum atomic E-state index is 13.0. The fraction of sp³-hybridized carbons (Fsp3) is 0.409. The minimum absolute atomic E-state index is 0.0149. The highest BCUT2D eigenvalue weighted by Gasteiger charge is 2.38. The van der Waals surface area contributed by atoms with Gasteiger partial charge in [-0.1, -0.05) is 12.1 Å². The largest absolute Gasteiger partial charge is 0.497 e. The molecule has 6 nitrogen and oxygen atoms in total. The maximum absolute atomic E-state index is 13.0. The van der Waals surface area contributed by atoms with Crippen molar-refractivity contribution in [3.8, 4) is 17.2 Å². The highest BCUT2D eigenvalue weighted by Crippen LogP contribution is 2.32. The number of methoxy groups -OCH3 is 3. The SMILES string of the molecule is COc1ccc([C@H]2CCC[NH+]2[C@H](C)C(=O)Nc2ccccc2OC)c(OC)c1. The summed E-state index contributed by atoms with van der Waals surface area (Å²) in [4.78, 5) is 14.2. The fourth-order valence-electron chi connectivity index (χ4n) is 4.01. The summed E-state index contributed by atoms with van der Waals surface area (Å²) in [7, 11) is 4.92. The summed E-state index contributed by atoms with van der Waals surface area (Å²) in [5, 5.41) is 3.02. The summed E-state index contributed by atoms with van der Waals surface area (Å²) in [5.74, 6) is 2.22. The molecule has 1 aliphatic rings. The van der Waals surface area contributed by atoms with Gasteiger partial charge in [0.15, 0.2) is 6.04 Å². The van der Waals surface area contributed by atoms with Gasteiger partial charge in [0.25, 0.3) is 5.91 Å². The Hall–Kier alpha value is -2.73. The number of ether oxygens (including phenoxy) is 3. The average Bonchev–Trinajstić information content (AvgIpc) is 3.22. The number of benzene rings is 2. The van der Waals surface area contributed by atoms with E-state index in [0.29, 0.717) is 11.4 Å². The maximum Gasteiger partial charge on any atom is 0.282 e. The lowest BCUT2D eigenvalue weighted by molar-refractivity contribution is -0.932. The lowest BCUT2D eigenvalue weighted by atomic mass is 10.0. The highest BCUT2D eigenvalue weighted by atomic mass is 16.5. The van der Waals surface area contributed by atoms with E-state index in [4.69, 9.17) is 14.2 Å². The van der Waals surface area contributed by atoms with Crippen LogP contribution in [0.4, 0.5) is 5.69 Å². The van der Waals surface area contributed by atoms with Crippen molar-refractivity contribution >= 4 is 11.6 Å². The summed E-state index contributed by atoms with van der Waals surface area (Å²) >= 11 is 0. The number of para-hydroxylation sites is 2. The van der Waals surface area contributed by atoms with Gasteiger partial charge in [0, 0.05) is 18.9 Å². The first-order valence-electron chi connectivity index (χ1n) is 9.60. The molecule has 2 aromatic carbocycles. The molecule has 0 saturated carbocycles. The molecule has 1 heterocycles. The predicted molar refractivity (Wildman–Crippen MR) is 108 cm³/mol. The van der Waals surface area contributed by atoms with Crippen molar-refractivity contribution in [3.05, 3.63) is 48.0 Å². The number of anilines is 1. The molecule has 2 aromatic rings. The first-order chi connectivity index (χ1) is 13.6. The van der Waals surface area contributed by atoms with E-state index in [1.165, 1.54) is 4.90 Å². The van der Waals surface area contributed by atoms with Crippen molar-refractivity contribution in [2.24, 2.45) is 0 Å². The van der Waals surface area contributed by atoms with Gasteiger partial charge in [-0.15, -0.1) is 0 Å². The molecule has 1 amide bonds. The molecule has 150 valence electrons. The fourth-order valence-corrected chi connectivity index (χ4v) is 4.01. The molecule has 1 unspecified atom stereocenters. The third kappa shape index (κ3) is 4.07. The Balaban J connectivity index is 1.79. The van der Waals surface area contributed by atoms with Crippen LogP contribution in [-0.2, 0) is 4.79 Å². The number of hydrogen-bond acceptors (Lipinski definition) is 4. The average molecular weight is 385 g/mol. The molecule has 0 aromatic heterocycles. The molecular weight excluding hydrogens is 356 g/mol. The monoisotopic (exact) mass is 385 g/mol. The molecule has 0 aliphatic carbocycles. The van der Waals surface area contributed by atoms with Crippen LogP contribution in [0.5, 0.6) is 17.2 Å². The van der Waals surface area contributed by atoms with Crippen molar-refractivity contribution in [1.82, 2.24) is 0 Å². The molecule has 1 fully saturated rings. The summed E-state index contributed by atoms with van der Waals surface area (Å²) in [6.45, 7) is 2.93. The highest BCUT2D eigenvalue weighted by molar-refractivity contribution is 5.95. The molecule has 0 bridgehead atoms. The molecular formula is C22H29N2O4+.